The fraction of sp³-hybridized carbons (Fsp3) is 0.500. The normalized spacial score (nSPS) is 10.6. The standard InChI is InChI=1S/C16H22N4OS/c1-2-3-4-5-6-7-11-14-19-20-16(22-14)18-15(21)13-10-8-9-12-17-13/h8-10,12H,2-7,11H2,1H3,(H,18,20,21). The molecule has 1 amide bonds. The molecule has 2 heterocycles. The zero-order chi connectivity index (χ0) is 15.6. The molecule has 0 aliphatic rings. The van der Waals surface area contributed by atoms with Gasteiger partial charge < -0.3 is 0 Å². The van der Waals surface area contributed by atoms with E-state index in [1.807, 2.05) is 0 Å². The van der Waals surface area contributed by atoms with E-state index in [0.717, 1.165) is 17.8 Å². The molecule has 2 aromatic heterocycles. The molecule has 2 rings (SSSR count). The highest BCUT2D eigenvalue weighted by molar-refractivity contribution is 7.15. The fourth-order valence-corrected chi connectivity index (χ4v) is 2.90. The Kier molecular flexibility index (Phi) is 6.96. The molecular weight excluding hydrogens is 296 g/mol. The van der Waals surface area contributed by atoms with Crippen molar-refractivity contribution in [2.75, 3.05) is 5.32 Å². The summed E-state index contributed by atoms with van der Waals surface area (Å²) in [5.74, 6) is -0.247. The first kappa shape index (κ1) is 16.5. The SMILES string of the molecule is CCCCCCCCc1nnc(NC(=O)c2ccccn2)s1. The van der Waals surface area contributed by atoms with Crippen molar-refractivity contribution >= 4 is 22.4 Å². The molecule has 0 atom stereocenters. The van der Waals surface area contributed by atoms with Gasteiger partial charge in [-0.2, -0.15) is 0 Å². The molecule has 0 bridgehead atoms. The van der Waals surface area contributed by atoms with E-state index in [-0.39, 0.29) is 5.91 Å². The summed E-state index contributed by atoms with van der Waals surface area (Å²) in [5.41, 5.74) is 0.384. The molecule has 118 valence electrons. The van der Waals surface area contributed by atoms with Gasteiger partial charge in [0, 0.05) is 12.6 Å². The summed E-state index contributed by atoms with van der Waals surface area (Å²) in [6, 6.07) is 5.24. The Bertz CT molecular complexity index is 571. The van der Waals surface area contributed by atoms with Crippen LogP contribution in [0, 0.1) is 0 Å². The topological polar surface area (TPSA) is 67.8 Å². The van der Waals surface area contributed by atoms with Crippen LogP contribution < -0.4 is 5.32 Å². The molecule has 6 heteroatoms. The minimum atomic E-state index is -0.247. The Morgan fingerprint density at radius 3 is 2.73 bits per heavy atom. The van der Waals surface area contributed by atoms with Gasteiger partial charge in [-0.1, -0.05) is 56.4 Å². The second-order valence-electron chi connectivity index (χ2n) is 5.19. The van der Waals surface area contributed by atoms with E-state index in [9.17, 15) is 4.79 Å². The summed E-state index contributed by atoms with van der Waals surface area (Å²) in [5, 5.41) is 12.4. The number of nitrogens with one attached hydrogen (secondary N) is 1. The van der Waals surface area contributed by atoms with Gasteiger partial charge in [0.1, 0.15) is 10.7 Å². The first-order valence-corrected chi connectivity index (χ1v) is 8.66. The predicted molar refractivity (Wildman–Crippen MR) is 89.2 cm³/mol. The number of carbonyl (C=O) groups excluding carboxylic acids is 1. The lowest BCUT2D eigenvalue weighted by Crippen LogP contribution is -2.13. The summed E-state index contributed by atoms with van der Waals surface area (Å²) < 4.78 is 0. The average Bonchev–Trinajstić information content (AvgIpc) is 2.99. The predicted octanol–water partition coefficient (Wildman–Crippen LogP) is 4.09. The maximum atomic E-state index is 11.9. The van der Waals surface area contributed by atoms with Crippen molar-refractivity contribution in [2.24, 2.45) is 0 Å². The molecule has 0 aromatic carbocycles. The molecule has 1 N–H and O–H groups in total. The van der Waals surface area contributed by atoms with E-state index >= 15 is 0 Å². The van der Waals surface area contributed by atoms with Gasteiger partial charge in [-0.3, -0.25) is 15.1 Å². The molecular formula is C16H22N4OS. The number of hydrogen-bond donors (Lipinski definition) is 1. The number of anilines is 1. The Labute approximate surface area is 135 Å². The van der Waals surface area contributed by atoms with Crippen molar-refractivity contribution in [3.63, 3.8) is 0 Å². The molecule has 0 spiro atoms. The van der Waals surface area contributed by atoms with E-state index in [1.54, 1.807) is 24.4 Å². The van der Waals surface area contributed by atoms with Crippen LogP contribution in [0.1, 0.15) is 60.9 Å². The van der Waals surface area contributed by atoms with Crippen LogP contribution in [0.5, 0.6) is 0 Å². The van der Waals surface area contributed by atoms with E-state index in [1.165, 1.54) is 43.4 Å². The Morgan fingerprint density at radius 2 is 1.95 bits per heavy atom. The van der Waals surface area contributed by atoms with Crippen molar-refractivity contribution in [1.82, 2.24) is 15.2 Å². The smallest absolute Gasteiger partial charge is 0.276 e. The molecule has 0 aliphatic carbocycles. The third-order valence-electron chi connectivity index (χ3n) is 3.33. The van der Waals surface area contributed by atoms with Crippen LogP contribution in [0.4, 0.5) is 5.13 Å². The van der Waals surface area contributed by atoms with Crippen molar-refractivity contribution in [1.29, 1.82) is 0 Å². The third kappa shape index (κ3) is 5.52. The molecule has 5 nitrogen and oxygen atoms in total. The summed E-state index contributed by atoms with van der Waals surface area (Å²) in [6.45, 7) is 2.22. The van der Waals surface area contributed by atoms with E-state index in [0.29, 0.717) is 10.8 Å². The summed E-state index contributed by atoms with van der Waals surface area (Å²) in [6.07, 6.45) is 10.1. The highest BCUT2D eigenvalue weighted by atomic mass is 32.1. The summed E-state index contributed by atoms with van der Waals surface area (Å²) >= 11 is 1.44. The van der Waals surface area contributed by atoms with Gasteiger partial charge >= 0.3 is 0 Å². The van der Waals surface area contributed by atoms with Gasteiger partial charge in [0.25, 0.3) is 5.91 Å². The van der Waals surface area contributed by atoms with E-state index in [4.69, 9.17) is 0 Å². The Hall–Kier alpha value is -1.82. The van der Waals surface area contributed by atoms with Crippen molar-refractivity contribution < 1.29 is 4.79 Å². The minimum absolute atomic E-state index is 0.247. The monoisotopic (exact) mass is 318 g/mol. The van der Waals surface area contributed by atoms with Gasteiger partial charge in [0.2, 0.25) is 5.13 Å². The van der Waals surface area contributed by atoms with Crippen LogP contribution in [-0.4, -0.2) is 21.1 Å². The number of nitrogens with zero attached hydrogens (tertiary/aromatic N) is 3. The zero-order valence-electron chi connectivity index (χ0n) is 12.9. The van der Waals surface area contributed by atoms with Gasteiger partial charge in [0.05, 0.1) is 0 Å². The highest BCUT2D eigenvalue weighted by Gasteiger charge is 2.10. The van der Waals surface area contributed by atoms with Crippen LogP contribution in [0.15, 0.2) is 24.4 Å². The van der Waals surface area contributed by atoms with Crippen LogP contribution in [-0.2, 0) is 6.42 Å². The number of aromatic nitrogens is 3. The van der Waals surface area contributed by atoms with Gasteiger partial charge in [-0.15, -0.1) is 10.2 Å². The van der Waals surface area contributed by atoms with Crippen LogP contribution in [0.2, 0.25) is 0 Å². The number of hydrogen-bond acceptors (Lipinski definition) is 5. The molecule has 2 aromatic rings. The molecule has 0 fully saturated rings. The van der Waals surface area contributed by atoms with Crippen LogP contribution in [0.25, 0.3) is 0 Å². The summed E-state index contributed by atoms with van der Waals surface area (Å²) in [4.78, 5) is 16.0. The van der Waals surface area contributed by atoms with Gasteiger partial charge in [0.15, 0.2) is 0 Å². The second-order valence-corrected chi connectivity index (χ2v) is 6.25. The van der Waals surface area contributed by atoms with E-state index < -0.39 is 0 Å². The molecule has 0 saturated heterocycles. The number of carbonyl (C=O) groups is 1. The average molecular weight is 318 g/mol. The minimum Gasteiger partial charge on any atom is -0.295 e. The maximum absolute atomic E-state index is 11.9. The highest BCUT2D eigenvalue weighted by Crippen LogP contribution is 2.18. The summed E-state index contributed by atoms with van der Waals surface area (Å²) in [7, 11) is 0. The Balaban J connectivity index is 1.73. The lowest BCUT2D eigenvalue weighted by Gasteiger charge is -1.99. The number of unbranched alkanes of at least 4 members (excludes halogenated alkanes) is 5. The van der Waals surface area contributed by atoms with Crippen molar-refractivity contribution in [3.8, 4) is 0 Å². The zero-order valence-corrected chi connectivity index (χ0v) is 13.7. The lowest BCUT2D eigenvalue weighted by molar-refractivity contribution is 0.102. The van der Waals surface area contributed by atoms with Crippen molar-refractivity contribution in [2.45, 2.75) is 51.9 Å². The molecule has 0 saturated carbocycles. The van der Waals surface area contributed by atoms with Gasteiger partial charge in [-0.25, -0.2) is 0 Å². The first-order valence-electron chi connectivity index (χ1n) is 7.84. The first-order chi connectivity index (χ1) is 10.8. The van der Waals surface area contributed by atoms with E-state index in [2.05, 4.69) is 27.4 Å². The van der Waals surface area contributed by atoms with Crippen LogP contribution >= 0.6 is 11.3 Å². The third-order valence-corrected chi connectivity index (χ3v) is 4.23. The molecule has 0 aliphatic heterocycles. The number of rotatable bonds is 9. The Morgan fingerprint density at radius 1 is 1.14 bits per heavy atom. The largest absolute Gasteiger partial charge is 0.295 e. The van der Waals surface area contributed by atoms with Gasteiger partial charge in [-0.05, 0) is 18.6 Å². The van der Waals surface area contributed by atoms with Crippen molar-refractivity contribution in [3.05, 3.63) is 35.1 Å². The number of amides is 1. The molecule has 0 unspecified atom stereocenters. The lowest BCUT2D eigenvalue weighted by atomic mass is 10.1. The second kappa shape index (κ2) is 9.25. The number of aryl methyl sites for hydroxylation is 1. The number of pyridine rings is 1. The fourth-order valence-electron chi connectivity index (χ4n) is 2.12. The van der Waals surface area contributed by atoms with Crippen LogP contribution in [0.3, 0.4) is 0 Å². The molecule has 0 radical (unpaired) electrons. The maximum Gasteiger partial charge on any atom is 0.276 e. The molecule has 22 heavy (non-hydrogen) atoms. The quantitative estimate of drug-likeness (QED) is 0.707.